The summed E-state index contributed by atoms with van der Waals surface area (Å²) in [5.41, 5.74) is 7.16. The van der Waals surface area contributed by atoms with Crippen molar-refractivity contribution in [3.63, 3.8) is 0 Å². The number of aromatic nitrogens is 1. The standard InChI is InChI=1S/C15H17N3O/c16-14-9-12(11-7-3-4-8-13(11)18-14)15(19)17-10-5-1-2-6-10/h3-4,7-10H,1-2,5-6H2,(H2,16,18)(H,17,19). The van der Waals surface area contributed by atoms with Crippen LogP contribution in [0.1, 0.15) is 36.0 Å². The number of hydrogen-bond acceptors (Lipinski definition) is 3. The van der Waals surface area contributed by atoms with Gasteiger partial charge in [-0.1, -0.05) is 31.0 Å². The van der Waals surface area contributed by atoms with Crippen LogP contribution < -0.4 is 11.1 Å². The fourth-order valence-electron chi connectivity index (χ4n) is 2.72. The number of nitrogen functional groups attached to an aromatic ring is 1. The van der Waals surface area contributed by atoms with E-state index in [1.54, 1.807) is 6.07 Å². The summed E-state index contributed by atoms with van der Waals surface area (Å²) in [5.74, 6) is 0.340. The molecule has 3 rings (SSSR count). The number of rotatable bonds is 2. The monoisotopic (exact) mass is 255 g/mol. The van der Waals surface area contributed by atoms with Crippen LogP contribution in [0.15, 0.2) is 30.3 Å². The third-order valence-electron chi connectivity index (χ3n) is 3.67. The number of benzene rings is 1. The number of pyridine rings is 1. The van der Waals surface area contributed by atoms with Gasteiger partial charge in [-0.15, -0.1) is 0 Å². The fourth-order valence-corrected chi connectivity index (χ4v) is 2.72. The second-order valence-electron chi connectivity index (χ2n) is 5.07. The van der Waals surface area contributed by atoms with Crippen molar-refractivity contribution in [1.82, 2.24) is 10.3 Å². The maximum Gasteiger partial charge on any atom is 0.252 e. The molecule has 0 bridgehead atoms. The van der Waals surface area contributed by atoms with Crippen molar-refractivity contribution in [3.05, 3.63) is 35.9 Å². The Balaban J connectivity index is 1.96. The van der Waals surface area contributed by atoms with Gasteiger partial charge in [-0.25, -0.2) is 4.98 Å². The molecule has 0 atom stereocenters. The molecule has 19 heavy (non-hydrogen) atoms. The van der Waals surface area contributed by atoms with Gasteiger partial charge in [0, 0.05) is 11.4 Å². The first-order valence-corrected chi connectivity index (χ1v) is 6.70. The Labute approximate surface area is 112 Å². The molecule has 1 amide bonds. The molecule has 4 heteroatoms. The average Bonchev–Trinajstić information content (AvgIpc) is 2.90. The molecule has 4 nitrogen and oxygen atoms in total. The minimum absolute atomic E-state index is 0.0443. The average molecular weight is 255 g/mol. The molecule has 1 heterocycles. The second kappa shape index (κ2) is 4.88. The van der Waals surface area contributed by atoms with Gasteiger partial charge < -0.3 is 11.1 Å². The van der Waals surface area contributed by atoms with Gasteiger partial charge in [0.05, 0.1) is 11.1 Å². The van der Waals surface area contributed by atoms with Crippen LogP contribution in [-0.4, -0.2) is 16.9 Å². The number of nitrogens with one attached hydrogen (secondary N) is 1. The summed E-state index contributed by atoms with van der Waals surface area (Å²) in [6.07, 6.45) is 4.54. The van der Waals surface area contributed by atoms with E-state index in [2.05, 4.69) is 10.3 Å². The molecular formula is C15H17N3O. The maximum atomic E-state index is 12.4. The Bertz CT molecular complexity index is 618. The predicted octanol–water partition coefficient (Wildman–Crippen LogP) is 2.49. The minimum Gasteiger partial charge on any atom is -0.384 e. The van der Waals surface area contributed by atoms with Crippen LogP contribution in [0, 0.1) is 0 Å². The number of carbonyl (C=O) groups is 1. The quantitative estimate of drug-likeness (QED) is 0.866. The lowest BCUT2D eigenvalue weighted by atomic mass is 10.1. The van der Waals surface area contributed by atoms with E-state index in [1.807, 2.05) is 24.3 Å². The summed E-state index contributed by atoms with van der Waals surface area (Å²) in [5, 5.41) is 3.95. The summed E-state index contributed by atoms with van der Waals surface area (Å²) in [7, 11) is 0. The first-order valence-electron chi connectivity index (χ1n) is 6.70. The van der Waals surface area contributed by atoms with Crippen LogP contribution in [-0.2, 0) is 0 Å². The van der Waals surface area contributed by atoms with Crippen molar-refractivity contribution in [2.75, 3.05) is 5.73 Å². The van der Waals surface area contributed by atoms with Gasteiger partial charge >= 0.3 is 0 Å². The SMILES string of the molecule is Nc1cc(C(=O)NC2CCCC2)c2ccccc2n1. The van der Waals surface area contributed by atoms with Crippen LogP contribution in [0.4, 0.5) is 5.82 Å². The van der Waals surface area contributed by atoms with E-state index in [0.717, 1.165) is 23.7 Å². The zero-order valence-corrected chi connectivity index (χ0v) is 10.7. The van der Waals surface area contributed by atoms with Crippen molar-refractivity contribution < 1.29 is 4.79 Å². The van der Waals surface area contributed by atoms with E-state index in [4.69, 9.17) is 5.73 Å². The third kappa shape index (κ3) is 2.38. The van der Waals surface area contributed by atoms with Crippen molar-refractivity contribution in [2.24, 2.45) is 0 Å². The summed E-state index contributed by atoms with van der Waals surface area (Å²) in [6.45, 7) is 0. The molecule has 1 aromatic carbocycles. The smallest absolute Gasteiger partial charge is 0.252 e. The molecule has 1 aliphatic carbocycles. The van der Waals surface area contributed by atoms with E-state index in [9.17, 15) is 4.79 Å². The molecule has 1 aliphatic rings. The highest BCUT2D eigenvalue weighted by Gasteiger charge is 2.19. The Kier molecular flexibility index (Phi) is 3.07. The van der Waals surface area contributed by atoms with E-state index in [-0.39, 0.29) is 5.91 Å². The van der Waals surface area contributed by atoms with Gasteiger partial charge in [0.2, 0.25) is 0 Å². The zero-order valence-electron chi connectivity index (χ0n) is 10.7. The Hall–Kier alpha value is -2.10. The second-order valence-corrected chi connectivity index (χ2v) is 5.07. The van der Waals surface area contributed by atoms with E-state index in [1.165, 1.54) is 12.8 Å². The Morgan fingerprint density at radius 3 is 2.79 bits per heavy atom. The number of para-hydroxylation sites is 1. The summed E-state index contributed by atoms with van der Waals surface area (Å²) in [6, 6.07) is 9.55. The molecule has 3 N–H and O–H groups in total. The van der Waals surface area contributed by atoms with Crippen molar-refractivity contribution in [3.8, 4) is 0 Å². The van der Waals surface area contributed by atoms with Crippen LogP contribution in [0.3, 0.4) is 0 Å². The summed E-state index contributed by atoms with van der Waals surface area (Å²) >= 11 is 0. The number of anilines is 1. The first-order chi connectivity index (χ1) is 9.24. The fraction of sp³-hybridized carbons (Fsp3) is 0.333. The highest BCUT2D eigenvalue weighted by molar-refractivity contribution is 6.07. The van der Waals surface area contributed by atoms with Gasteiger partial charge in [0.15, 0.2) is 0 Å². The third-order valence-corrected chi connectivity index (χ3v) is 3.67. The Morgan fingerprint density at radius 2 is 2.00 bits per heavy atom. The topological polar surface area (TPSA) is 68.0 Å². The normalized spacial score (nSPS) is 15.8. The molecule has 98 valence electrons. The van der Waals surface area contributed by atoms with Crippen LogP contribution in [0.2, 0.25) is 0 Å². The number of carbonyl (C=O) groups excluding carboxylic acids is 1. The van der Waals surface area contributed by atoms with Gasteiger partial charge in [-0.3, -0.25) is 4.79 Å². The maximum absolute atomic E-state index is 12.4. The molecule has 0 saturated heterocycles. The highest BCUT2D eigenvalue weighted by atomic mass is 16.1. The number of nitrogens with zero attached hydrogens (tertiary/aromatic N) is 1. The van der Waals surface area contributed by atoms with E-state index >= 15 is 0 Å². The van der Waals surface area contributed by atoms with Crippen LogP contribution in [0.25, 0.3) is 10.9 Å². The number of nitrogens with two attached hydrogens (primary N) is 1. The molecule has 0 aliphatic heterocycles. The summed E-state index contributed by atoms with van der Waals surface area (Å²) < 4.78 is 0. The highest BCUT2D eigenvalue weighted by Crippen LogP contribution is 2.22. The molecule has 1 fully saturated rings. The molecule has 1 saturated carbocycles. The van der Waals surface area contributed by atoms with Crippen molar-refractivity contribution in [2.45, 2.75) is 31.7 Å². The number of amides is 1. The number of hydrogen-bond donors (Lipinski definition) is 2. The Morgan fingerprint density at radius 1 is 1.26 bits per heavy atom. The molecule has 0 unspecified atom stereocenters. The zero-order chi connectivity index (χ0) is 13.2. The largest absolute Gasteiger partial charge is 0.384 e. The van der Waals surface area contributed by atoms with Gasteiger partial charge in [-0.2, -0.15) is 0 Å². The molecule has 2 aromatic rings. The van der Waals surface area contributed by atoms with Crippen LogP contribution >= 0.6 is 0 Å². The van der Waals surface area contributed by atoms with Gasteiger partial charge in [-0.05, 0) is 25.0 Å². The van der Waals surface area contributed by atoms with E-state index < -0.39 is 0 Å². The number of fused-ring (bicyclic) bond motifs is 1. The minimum atomic E-state index is -0.0443. The molecular weight excluding hydrogens is 238 g/mol. The lowest BCUT2D eigenvalue weighted by Gasteiger charge is -2.13. The lowest BCUT2D eigenvalue weighted by molar-refractivity contribution is 0.0939. The lowest BCUT2D eigenvalue weighted by Crippen LogP contribution is -2.32. The van der Waals surface area contributed by atoms with Gasteiger partial charge in [0.25, 0.3) is 5.91 Å². The molecule has 0 spiro atoms. The van der Waals surface area contributed by atoms with Crippen molar-refractivity contribution >= 4 is 22.6 Å². The van der Waals surface area contributed by atoms with Gasteiger partial charge in [0.1, 0.15) is 5.82 Å². The summed E-state index contributed by atoms with van der Waals surface area (Å²) in [4.78, 5) is 16.6. The molecule has 0 radical (unpaired) electrons. The van der Waals surface area contributed by atoms with Crippen molar-refractivity contribution in [1.29, 1.82) is 0 Å². The first kappa shape index (κ1) is 12.0. The van der Waals surface area contributed by atoms with Crippen LogP contribution in [0.5, 0.6) is 0 Å². The predicted molar refractivity (Wildman–Crippen MR) is 75.9 cm³/mol. The molecule has 1 aromatic heterocycles. The van der Waals surface area contributed by atoms with E-state index in [0.29, 0.717) is 17.4 Å².